The van der Waals surface area contributed by atoms with Crippen molar-refractivity contribution in [3.63, 3.8) is 0 Å². The lowest BCUT2D eigenvalue weighted by Crippen LogP contribution is -2.36. The zero-order chi connectivity index (χ0) is 19.7. The number of ether oxygens (including phenoxy) is 1. The summed E-state index contributed by atoms with van der Waals surface area (Å²) in [6.07, 6.45) is 15.1. The van der Waals surface area contributed by atoms with Gasteiger partial charge in [-0.2, -0.15) is 0 Å². The molecule has 0 radical (unpaired) electrons. The van der Waals surface area contributed by atoms with E-state index in [0.29, 0.717) is 29.8 Å². The number of aliphatic hydroxyl groups is 1. The maximum absolute atomic E-state index is 12.5. The van der Waals surface area contributed by atoms with Crippen LogP contribution in [0.25, 0.3) is 0 Å². The number of allylic oxidation sites excluding steroid dienone is 2. The molecule has 1 heterocycles. The van der Waals surface area contributed by atoms with Gasteiger partial charge in [-0.15, -0.1) is 11.8 Å². The van der Waals surface area contributed by atoms with Gasteiger partial charge in [0.2, 0.25) is 0 Å². The number of fused-ring (bicyclic) bond motifs is 1. The van der Waals surface area contributed by atoms with Gasteiger partial charge in [0.1, 0.15) is 10.7 Å². The number of rotatable bonds is 11. The minimum absolute atomic E-state index is 0.133. The number of hydrogen-bond donors (Lipinski definition) is 1. The Bertz CT molecular complexity index is 518. The van der Waals surface area contributed by atoms with E-state index in [9.17, 15) is 14.7 Å². The van der Waals surface area contributed by atoms with Crippen LogP contribution < -0.4 is 0 Å². The van der Waals surface area contributed by atoms with Crippen LogP contribution in [-0.4, -0.2) is 34.2 Å². The first-order valence-corrected chi connectivity index (χ1v) is 11.5. The van der Waals surface area contributed by atoms with Gasteiger partial charge in [0, 0.05) is 24.0 Å². The average molecular weight is 397 g/mol. The van der Waals surface area contributed by atoms with Crippen LogP contribution >= 0.6 is 11.8 Å². The predicted molar refractivity (Wildman–Crippen MR) is 111 cm³/mol. The van der Waals surface area contributed by atoms with Gasteiger partial charge < -0.3 is 9.84 Å². The fourth-order valence-corrected chi connectivity index (χ4v) is 6.19. The standard InChI is InChI=1S/C22H36O4S/c1-3-4-10-14-22(25)15-13-18-17(19(23)16-20(18)27-22)11-8-6-5-7-9-12-21(24)26-2/h6,8,17-18,20,25H,3-5,7,9-16H2,1-2H3/b8-6-/t17?,18-,20-,22?/m1/s1. The lowest BCUT2D eigenvalue weighted by Gasteiger charge is -2.39. The van der Waals surface area contributed by atoms with Crippen molar-refractivity contribution >= 4 is 23.5 Å². The van der Waals surface area contributed by atoms with Crippen LogP contribution in [0.2, 0.25) is 0 Å². The molecular weight excluding hydrogens is 360 g/mol. The van der Waals surface area contributed by atoms with Crippen LogP contribution in [0.4, 0.5) is 0 Å². The van der Waals surface area contributed by atoms with Gasteiger partial charge in [-0.05, 0) is 57.3 Å². The van der Waals surface area contributed by atoms with Crippen LogP contribution in [0.3, 0.4) is 0 Å². The summed E-state index contributed by atoms with van der Waals surface area (Å²) in [7, 11) is 1.42. The summed E-state index contributed by atoms with van der Waals surface area (Å²) < 4.78 is 4.64. The molecule has 1 saturated carbocycles. The van der Waals surface area contributed by atoms with E-state index < -0.39 is 4.93 Å². The summed E-state index contributed by atoms with van der Waals surface area (Å²) in [5.41, 5.74) is 0. The largest absolute Gasteiger partial charge is 0.469 e. The Morgan fingerprint density at radius 3 is 2.85 bits per heavy atom. The Kier molecular flexibility index (Phi) is 9.37. The van der Waals surface area contributed by atoms with Crippen molar-refractivity contribution in [1.29, 1.82) is 0 Å². The summed E-state index contributed by atoms with van der Waals surface area (Å²) in [6, 6.07) is 0. The normalized spacial score (nSPS) is 30.6. The summed E-state index contributed by atoms with van der Waals surface area (Å²) in [5.74, 6) is 0.795. The number of thioether (sulfide) groups is 1. The molecule has 0 spiro atoms. The summed E-state index contributed by atoms with van der Waals surface area (Å²) in [4.78, 5) is 23.0. The van der Waals surface area contributed by atoms with Crippen LogP contribution in [0.1, 0.15) is 84.0 Å². The number of methoxy groups -OCH3 is 1. The van der Waals surface area contributed by atoms with E-state index in [1.807, 2.05) is 0 Å². The molecule has 2 unspecified atom stereocenters. The molecule has 154 valence electrons. The molecule has 1 N–H and O–H groups in total. The maximum atomic E-state index is 12.5. The third-order valence-corrected chi connectivity index (χ3v) is 7.67. The molecule has 0 aromatic rings. The van der Waals surface area contributed by atoms with Crippen LogP contribution in [-0.2, 0) is 14.3 Å². The second-order valence-corrected chi connectivity index (χ2v) is 9.67. The van der Waals surface area contributed by atoms with Crippen molar-refractivity contribution in [3.8, 4) is 0 Å². The van der Waals surface area contributed by atoms with Gasteiger partial charge in [0.25, 0.3) is 0 Å². The van der Waals surface area contributed by atoms with Crippen molar-refractivity contribution in [2.24, 2.45) is 11.8 Å². The Morgan fingerprint density at radius 2 is 2.11 bits per heavy atom. The molecule has 5 heteroatoms. The number of ketones is 1. The Balaban J connectivity index is 1.72. The number of unbranched alkanes of at least 4 members (excludes halogenated alkanes) is 4. The lowest BCUT2D eigenvalue weighted by molar-refractivity contribution is -0.140. The van der Waals surface area contributed by atoms with Gasteiger partial charge >= 0.3 is 5.97 Å². The lowest BCUT2D eigenvalue weighted by atomic mass is 9.86. The van der Waals surface area contributed by atoms with Gasteiger partial charge in [-0.25, -0.2) is 0 Å². The number of carbonyl (C=O) groups is 2. The van der Waals surface area contributed by atoms with E-state index in [1.165, 1.54) is 20.0 Å². The Hall–Kier alpha value is -0.810. The molecule has 1 aliphatic heterocycles. The zero-order valence-corrected chi connectivity index (χ0v) is 17.8. The second-order valence-electron chi connectivity index (χ2n) is 8.07. The molecule has 1 saturated heterocycles. The van der Waals surface area contributed by atoms with Crippen molar-refractivity contribution in [1.82, 2.24) is 0 Å². The molecule has 0 amide bonds. The third-order valence-electron chi connectivity index (χ3n) is 6.01. The number of Topliss-reactive ketones (excluding diaryl/α,β-unsaturated/α-hetero) is 1. The fourth-order valence-electron chi connectivity index (χ4n) is 4.38. The molecule has 27 heavy (non-hydrogen) atoms. The van der Waals surface area contributed by atoms with Crippen LogP contribution in [0.15, 0.2) is 12.2 Å². The Morgan fingerprint density at radius 1 is 1.30 bits per heavy atom. The molecule has 0 aromatic carbocycles. The third kappa shape index (κ3) is 6.94. The van der Waals surface area contributed by atoms with Crippen molar-refractivity contribution in [3.05, 3.63) is 12.2 Å². The van der Waals surface area contributed by atoms with E-state index >= 15 is 0 Å². The van der Waals surface area contributed by atoms with E-state index in [-0.39, 0.29) is 11.9 Å². The highest BCUT2D eigenvalue weighted by Crippen LogP contribution is 2.52. The summed E-state index contributed by atoms with van der Waals surface area (Å²) in [6.45, 7) is 2.18. The maximum Gasteiger partial charge on any atom is 0.305 e. The van der Waals surface area contributed by atoms with Crippen molar-refractivity contribution < 1.29 is 19.4 Å². The molecule has 0 bridgehead atoms. The van der Waals surface area contributed by atoms with Gasteiger partial charge in [-0.1, -0.05) is 31.9 Å². The highest BCUT2D eigenvalue weighted by atomic mass is 32.2. The molecule has 4 nitrogen and oxygen atoms in total. The van der Waals surface area contributed by atoms with Gasteiger partial charge in [0.05, 0.1) is 7.11 Å². The molecular formula is C22H36O4S. The number of carbonyl (C=O) groups excluding carboxylic acids is 2. The smallest absolute Gasteiger partial charge is 0.305 e. The monoisotopic (exact) mass is 396 g/mol. The van der Waals surface area contributed by atoms with E-state index in [2.05, 4.69) is 23.8 Å². The number of hydrogen-bond acceptors (Lipinski definition) is 5. The first kappa shape index (κ1) is 22.5. The topological polar surface area (TPSA) is 63.6 Å². The highest BCUT2D eigenvalue weighted by Gasteiger charge is 2.49. The van der Waals surface area contributed by atoms with E-state index in [1.54, 1.807) is 11.8 Å². The van der Waals surface area contributed by atoms with Gasteiger partial charge in [0.15, 0.2) is 0 Å². The van der Waals surface area contributed by atoms with E-state index in [0.717, 1.165) is 51.4 Å². The summed E-state index contributed by atoms with van der Waals surface area (Å²) in [5, 5.41) is 11.2. The Labute approximate surface area is 168 Å². The first-order chi connectivity index (χ1) is 13.0. The predicted octanol–water partition coefficient (Wildman–Crippen LogP) is 5.04. The van der Waals surface area contributed by atoms with Crippen molar-refractivity contribution in [2.45, 2.75) is 94.2 Å². The fraction of sp³-hybridized carbons (Fsp3) is 0.818. The van der Waals surface area contributed by atoms with Gasteiger partial charge in [-0.3, -0.25) is 9.59 Å². The van der Waals surface area contributed by atoms with E-state index in [4.69, 9.17) is 0 Å². The molecule has 2 rings (SSSR count). The molecule has 1 aliphatic carbocycles. The minimum atomic E-state index is -0.610. The zero-order valence-electron chi connectivity index (χ0n) is 17.0. The first-order valence-electron chi connectivity index (χ1n) is 10.6. The quantitative estimate of drug-likeness (QED) is 0.301. The average Bonchev–Trinajstić information content (AvgIpc) is 2.94. The number of esters is 1. The molecule has 4 atom stereocenters. The molecule has 2 fully saturated rings. The molecule has 2 aliphatic rings. The van der Waals surface area contributed by atoms with Crippen molar-refractivity contribution in [2.75, 3.05) is 7.11 Å². The summed E-state index contributed by atoms with van der Waals surface area (Å²) >= 11 is 1.68. The van der Waals surface area contributed by atoms with Crippen LogP contribution in [0, 0.1) is 11.8 Å². The highest BCUT2D eigenvalue weighted by molar-refractivity contribution is 8.01. The van der Waals surface area contributed by atoms with Crippen LogP contribution in [0.5, 0.6) is 0 Å². The second kappa shape index (κ2) is 11.3. The minimum Gasteiger partial charge on any atom is -0.469 e. The molecule has 0 aromatic heterocycles. The SMILES string of the molecule is CCCCCC1(O)CC[C@@H]2C(C/C=C\CCCCC(=O)OC)C(=O)C[C@H]2S1.